The number of aromatic nitrogens is 2. The van der Waals surface area contributed by atoms with Crippen LogP contribution >= 0.6 is 11.8 Å². The number of nitrogens with one attached hydrogen (secondary N) is 1. The number of hydrogen-bond acceptors (Lipinski definition) is 5. The van der Waals surface area contributed by atoms with E-state index in [4.69, 9.17) is 0 Å². The minimum atomic E-state index is -0.344. The topological polar surface area (TPSA) is 70.5 Å². The van der Waals surface area contributed by atoms with Crippen LogP contribution < -0.4 is 5.32 Å². The molecule has 0 spiro atoms. The molecule has 0 unspecified atom stereocenters. The van der Waals surface area contributed by atoms with E-state index in [0.717, 1.165) is 50.5 Å². The van der Waals surface area contributed by atoms with E-state index >= 15 is 0 Å². The second-order valence-corrected chi connectivity index (χ2v) is 11.0. The summed E-state index contributed by atoms with van der Waals surface area (Å²) in [5.41, 5.74) is 0. The Bertz CT molecular complexity index is 742. The van der Waals surface area contributed by atoms with Gasteiger partial charge in [-0.05, 0) is 37.5 Å². The van der Waals surface area contributed by atoms with Crippen molar-refractivity contribution in [2.45, 2.75) is 75.9 Å². The third kappa shape index (κ3) is 6.25. The summed E-state index contributed by atoms with van der Waals surface area (Å²) >= 11 is 1.81. The molecule has 0 aliphatic carbocycles. The number of hydrogen-bond donors (Lipinski definition) is 1. The summed E-state index contributed by atoms with van der Waals surface area (Å²) in [6.45, 7) is 11.4. The van der Waals surface area contributed by atoms with Gasteiger partial charge in [0.15, 0.2) is 5.16 Å². The number of piperidine rings is 1. The molecule has 0 saturated carbocycles. The molecule has 3 heterocycles. The molecule has 7 nitrogen and oxygen atoms in total. The van der Waals surface area contributed by atoms with Crippen molar-refractivity contribution in [1.82, 2.24) is 24.7 Å². The van der Waals surface area contributed by atoms with Crippen LogP contribution in [0.1, 0.15) is 53.4 Å². The Balaban J connectivity index is 1.63. The minimum absolute atomic E-state index is 0.0965. The highest BCUT2D eigenvalue weighted by atomic mass is 32.2. The number of aryl methyl sites for hydroxylation is 1. The van der Waals surface area contributed by atoms with E-state index in [2.05, 4.69) is 38.0 Å². The van der Waals surface area contributed by atoms with Gasteiger partial charge >= 0.3 is 0 Å². The molecule has 1 aromatic rings. The van der Waals surface area contributed by atoms with Gasteiger partial charge in [0, 0.05) is 50.9 Å². The van der Waals surface area contributed by atoms with Gasteiger partial charge in [-0.1, -0.05) is 39.5 Å². The van der Waals surface area contributed by atoms with Gasteiger partial charge in [0.25, 0.3) is 0 Å². The Hall–Kier alpha value is -1.54. The van der Waals surface area contributed by atoms with E-state index in [9.17, 15) is 9.59 Å². The molecule has 0 radical (unpaired) electrons. The van der Waals surface area contributed by atoms with Crippen molar-refractivity contribution < 1.29 is 9.59 Å². The van der Waals surface area contributed by atoms with E-state index in [1.807, 2.05) is 33.8 Å². The standard InChI is InChI=1S/C23H39N5O2S/c1-16(2)14-19-21(29)28(13-9-24-19)20(15-17(3)4)22(30)27-10-6-18(7-11-27)31-23-25-8-12-26(23)5/h8,12,16-20,24H,6-7,9-11,13-15H2,1-5H3/t19-,20-/m0/s1. The van der Waals surface area contributed by atoms with Gasteiger partial charge in [-0.15, -0.1) is 0 Å². The number of amides is 2. The lowest BCUT2D eigenvalue weighted by atomic mass is 9.96. The highest BCUT2D eigenvalue weighted by molar-refractivity contribution is 7.99. The Labute approximate surface area is 191 Å². The second kappa shape index (κ2) is 10.9. The molecular formula is C23H39N5O2S. The fourth-order valence-electron chi connectivity index (χ4n) is 4.55. The smallest absolute Gasteiger partial charge is 0.245 e. The number of nitrogens with zero attached hydrogens (tertiary/aromatic N) is 4. The van der Waals surface area contributed by atoms with Crippen LogP contribution in [-0.4, -0.2) is 74.7 Å². The zero-order valence-corrected chi connectivity index (χ0v) is 20.5. The lowest BCUT2D eigenvalue weighted by Gasteiger charge is -2.42. The molecule has 8 heteroatoms. The quantitative estimate of drug-likeness (QED) is 0.661. The van der Waals surface area contributed by atoms with Crippen LogP contribution in [0.3, 0.4) is 0 Å². The molecule has 1 N–H and O–H groups in total. The van der Waals surface area contributed by atoms with Crippen molar-refractivity contribution in [2.75, 3.05) is 26.2 Å². The monoisotopic (exact) mass is 449 g/mol. The zero-order valence-electron chi connectivity index (χ0n) is 19.7. The third-order valence-corrected chi connectivity index (χ3v) is 7.60. The van der Waals surface area contributed by atoms with Gasteiger partial charge in [0.2, 0.25) is 11.8 Å². The van der Waals surface area contributed by atoms with E-state index in [-0.39, 0.29) is 23.9 Å². The van der Waals surface area contributed by atoms with E-state index in [1.165, 1.54) is 0 Å². The van der Waals surface area contributed by atoms with Gasteiger partial charge in [-0.2, -0.15) is 0 Å². The average Bonchev–Trinajstić information content (AvgIpc) is 3.12. The molecule has 2 aliphatic rings. The molecule has 2 amide bonds. The number of carbonyl (C=O) groups is 2. The van der Waals surface area contributed by atoms with Crippen molar-refractivity contribution in [1.29, 1.82) is 0 Å². The second-order valence-electron chi connectivity index (χ2n) is 9.78. The average molecular weight is 450 g/mol. The molecular weight excluding hydrogens is 410 g/mol. The molecule has 2 saturated heterocycles. The van der Waals surface area contributed by atoms with Crippen LogP contribution in [0.5, 0.6) is 0 Å². The number of likely N-dealkylation sites (tertiary alicyclic amines) is 1. The summed E-state index contributed by atoms with van der Waals surface area (Å²) in [6.07, 6.45) is 7.25. The molecule has 1 aromatic heterocycles. The summed E-state index contributed by atoms with van der Waals surface area (Å²) in [6, 6.07) is -0.515. The first-order valence-corrected chi connectivity index (χ1v) is 12.6. The predicted octanol–water partition coefficient (Wildman–Crippen LogP) is 2.76. The summed E-state index contributed by atoms with van der Waals surface area (Å²) in [4.78, 5) is 35.1. The van der Waals surface area contributed by atoms with Crippen molar-refractivity contribution >= 4 is 23.6 Å². The van der Waals surface area contributed by atoms with Crippen molar-refractivity contribution in [3.63, 3.8) is 0 Å². The van der Waals surface area contributed by atoms with Crippen LogP contribution in [0.4, 0.5) is 0 Å². The molecule has 174 valence electrons. The summed E-state index contributed by atoms with van der Waals surface area (Å²) in [7, 11) is 2.02. The van der Waals surface area contributed by atoms with Crippen LogP contribution in [0.15, 0.2) is 17.6 Å². The number of piperazine rings is 1. The predicted molar refractivity (Wildman–Crippen MR) is 125 cm³/mol. The number of imidazole rings is 1. The van der Waals surface area contributed by atoms with E-state index in [1.54, 1.807) is 11.8 Å². The number of thioether (sulfide) groups is 1. The lowest BCUT2D eigenvalue weighted by Crippen LogP contribution is -2.62. The highest BCUT2D eigenvalue weighted by Gasteiger charge is 2.39. The van der Waals surface area contributed by atoms with Crippen LogP contribution in [0.2, 0.25) is 0 Å². The Morgan fingerprint density at radius 3 is 2.48 bits per heavy atom. The summed E-state index contributed by atoms with van der Waals surface area (Å²) < 4.78 is 2.05. The van der Waals surface area contributed by atoms with E-state index in [0.29, 0.717) is 23.6 Å². The van der Waals surface area contributed by atoms with Gasteiger partial charge in [-0.3, -0.25) is 9.59 Å². The van der Waals surface area contributed by atoms with Gasteiger partial charge in [0.05, 0.1) is 6.04 Å². The lowest BCUT2D eigenvalue weighted by molar-refractivity contribution is -0.150. The minimum Gasteiger partial charge on any atom is -0.341 e. The van der Waals surface area contributed by atoms with Crippen molar-refractivity contribution in [2.24, 2.45) is 18.9 Å². The molecule has 2 aliphatic heterocycles. The molecule has 0 aromatic carbocycles. The number of carbonyl (C=O) groups excluding carboxylic acids is 2. The highest BCUT2D eigenvalue weighted by Crippen LogP contribution is 2.30. The molecule has 3 rings (SSSR count). The van der Waals surface area contributed by atoms with Crippen LogP contribution in [0, 0.1) is 11.8 Å². The first-order valence-electron chi connectivity index (χ1n) is 11.7. The van der Waals surface area contributed by atoms with Crippen LogP contribution in [0.25, 0.3) is 0 Å². The molecule has 2 atom stereocenters. The first kappa shape index (κ1) is 24.1. The Kier molecular flexibility index (Phi) is 8.44. The molecule has 2 fully saturated rings. The SMILES string of the molecule is CC(C)C[C@@H]1NCCN([C@@H](CC(C)C)C(=O)N2CCC(Sc3nccn3C)CC2)C1=O. The third-order valence-electron chi connectivity index (χ3n) is 6.19. The number of rotatable bonds is 8. The summed E-state index contributed by atoms with van der Waals surface area (Å²) in [5.74, 6) is 1.03. The Morgan fingerprint density at radius 2 is 1.90 bits per heavy atom. The maximum atomic E-state index is 13.6. The summed E-state index contributed by atoms with van der Waals surface area (Å²) in [5, 5.41) is 4.87. The molecule has 0 bridgehead atoms. The van der Waals surface area contributed by atoms with Crippen LogP contribution in [-0.2, 0) is 16.6 Å². The van der Waals surface area contributed by atoms with Gasteiger partial charge < -0.3 is 19.7 Å². The first-order chi connectivity index (χ1) is 14.8. The van der Waals surface area contributed by atoms with Crippen molar-refractivity contribution in [3.8, 4) is 0 Å². The van der Waals surface area contributed by atoms with Crippen molar-refractivity contribution in [3.05, 3.63) is 12.4 Å². The molecule has 31 heavy (non-hydrogen) atoms. The largest absolute Gasteiger partial charge is 0.341 e. The zero-order chi connectivity index (χ0) is 22.5. The maximum Gasteiger partial charge on any atom is 0.245 e. The maximum absolute atomic E-state index is 13.6. The van der Waals surface area contributed by atoms with Gasteiger partial charge in [-0.25, -0.2) is 4.98 Å². The normalized spacial score (nSPS) is 21.9. The van der Waals surface area contributed by atoms with E-state index < -0.39 is 0 Å². The fourth-order valence-corrected chi connectivity index (χ4v) is 5.64. The van der Waals surface area contributed by atoms with Gasteiger partial charge in [0.1, 0.15) is 6.04 Å². The Morgan fingerprint density at radius 1 is 1.19 bits per heavy atom. The fraction of sp³-hybridized carbons (Fsp3) is 0.783.